The summed E-state index contributed by atoms with van der Waals surface area (Å²) in [7, 11) is 3.47. The summed E-state index contributed by atoms with van der Waals surface area (Å²) >= 11 is 0. The topological polar surface area (TPSA) is 173 Å². The first-order valence-electron chi connectivity index (χ1n) is 25.4. The molecule has 3 aromatic carbocycles. The molecule has 14 heteroatoms. The highest BCUT2D eigenvalue weighted by Gasteiger charge is 2.42. The molecule has 2 aromatic heterocycles. The maximum Gasteiger partial charge on any atom is 0.245 e. The number of aliphatic hydroxyl groups is 2. The van der Waals surface area contributed by atoms with Gasteiger partial charge in [0.1, 0.15) is 12.1 Å². The number of nitrogens with zero attached hydrogens (tertiary/aromatic N) is 4. The number of likely N-dealkylation sites (tertiary alicyclic amines) is 2. The summed E-state index contributed by atoms with van der Waals surface area (Å²) < 4.78 is 4.40. The highest BCUT2D eigenvalue weighted by molar-refractivity contribution is 5.95. The van der Waals surface area contributed by atoms with Crippen LogP contribution in [0.4, 0.5) is 0 Å². The fourth-order valence-electron chi connectivity index (χ4n) is 10.8. The summed E-state index contributed by atoms with van der Waals surface area (Å²) in [4.78, 5) is 59.5. The van der Waals surface area contributed by atoms with Crippen molar-refractivity contribution in [3.05, 3.63) is 83.9 Å². The number of carbonyl (C=O) groups excluding carboxylic acids is 4. The van der Waals surface area contributed by atoms with E-state index >= 15 is 0 Å². The lowest BCUT2D eigenvalue weighted by atomic mass is 9.85. The van der Waals surface area contributed by atoms with Gasteiger partial charge in [0.15, 0.2) is 0 Å². The molecule has 4 heterocycles. The number of aliphatic hydroxyl groups excluding tert-OH is 2. The molecular weight excluding hydrogens is 881 g/mol. The molecule has 70 heavy (non-hydrogen) atoms. The largest absolute Gasteiger partial charge is 0.395 e. The zero-order valence-electron chi connectivity index (χ0n) is 43.2. The summed E-state index contributed by atoms with van der Waals surface area (Å²) in [6.45, 7) is 17.4. The molecule has 7 rings (SSSR count). The number of para-hydroxylation sites is 2. The quantitative estimate of drug-likeness (QED) is 0.0598. The van der Waals surface area contributed by atoms with E-state index in [1.54, 1.807) is 27.9 Å². The maximum absolute atomic E-state index is 14.6. The first-order chi connectivity index (χ1) is 33.3. The first kappa shape index (κ1) is 52.3. The van der Waals surface area contributed by atoms with Crippen molar-refractivity contribution < 1.29 is 29.4 Å². The van der Waals surface area contributed by atoms with Gasteiger partial charge in [0.2, 0.25) is 23.6 Å². The second-order valence-corrected chi connectivity index (χ2v) is 21.7. The Bertz CT molecular complexity index is 2470. The van der Waals surface area contributed by atoms with Crippen molar-refractivity contribution in [2.24, 2.45) is 10.8 Å². The summed E-state index contributed by atoms with van der Waals surface area (Å²) in [6, 6.07) is 22.6. The Morgan fingerprint density at radius 3 is 1.27 bits per heavy atom. The van der Waals surface area contributed by atoms with E-state index in [2.05, 4.69) is 78.9 Å². The van der Waals surface area contributed by atoms with E-state index in [0.29, 0.717) is 39.0 Å². The molecule has 0 radical (unpaired) electrons. The van der Waals surface area contributed by atoms with Gasteiger partial charge in [0.05, 0.1) is 36.7 Å². The highest BCUT2D eigenvalue weighted by Crippen LogP contribution is 2.41. The van der Waals surface area contributed by atoms with E-state index in [0.717, 1.165) is 81.1 Å². The Morgan fingerprint density at radius 2 is 0.943 bits per heavy atom. The van der Waals surface area contributed by atoms with Crippen LogP contribution in [0.2, 0.25) is 0 Å². The fourth-order valence-corrected chi connectivity index (χ4v) is 10.8. The third-order valence-electron chi connectivity index (χ3n) is 14.9. The number of hydrogen-bond donors (Lipinski definition) is 6. The minimum absolute atomic E-state index is 0.0571. The van der Waals surface area contributed by atoms with Crippen LogP contribution in [0, 0.1) is 10.8 Å². The molecule has 0 saturated carbocycles. The number of fused-ring (bicyclic) bond motifs is 2. The van der Waals surface area contributed by atoms with Gasteiger partial charge in [-0.15, -0.1) is 0 Å². The van der Waals surface area contributed by atoms with Crippen LogP contribution in [0.25, 0.3) is 44.3 Å². The lowest BCUT2D eigenvalue weighted by Crippen LogP contribution is -2.58. The molecule has 2 saturated heterocycles. The highest BCUT2D eigenvalue weighted by atomic mass is 16.3. The fraction of sp³-hybridized carbons (Fsp3) is 0.536. The van der Waals surface area contributed by atoms with Crippen molar-refractivity contribution in [1.82, 2.24) is 40.2 Å². The minimum atomic E-state index is -0.706. The predicted molar refractivity (Wildman–Crippen MR) is 279 cm³/mol. The molecule has 0 aliphatic carbocycles. The Balaban J connectivity index is 1.27. The number of aromatic nitrogens is 2. The second kappa shape index (κ2) is 21.8. The molecule has 5 aromatic rings. The van der Waals surface area contributed by atoms with Crippen LogP contribution in [-0.4, -0.2) is 129 Å². The number of likely N-dealkylation sites (N-methyl/N-ethyl adjacent to an activating group) is 2. The van der Waals surface area contributed by atoms with Crippen LogP contribution in [0.5, 0.6) is 0 Å². The van der Waals surface area contributed by atoms with Crippen molar-refractivity contribution in [1.29, 1.82) is 0 Å². The van der Waals surface area contributed by atoms with Crippen LogP contribution >= 0.6 is 0 Å². The monoisotopic (exact) mass is 959 g/mol. The number of carbonyl (C=O) groups is 4. The lowest BCUT2D eigenvalue weighted by Gasteiger charge is -2.36. The van der Waals surface area contributed by atoms with Gasteiger partial charge in [0, 0.05) is 60.1 Å². The van der Waals surface area contributed by atoms with Gasteiger partial charge in [-0.05, 0) is 112 Å². The molecule has 0 bridgehead atoms. The van der Waals surface area contributed by atoms with E-state index in [4.69, 9.17) is 0 Å². The van der Waals surface area contributed by atoms with Crippen molar-refractivity contribution in [3.63, 3.8) is 0 Å². The van der Waals surface area contributed by atoms with Crippen LogP contribution in [0.1, 0.15) is 92.2 Å². The molecule has 14 nitrogen and oxygen atoms in total. The normalized spacial score (nSPS) is 18.3. The number of amides is 4. The van der Waals surface area contributed by atoms with Gasteiger partial charge in [-0.1, -0.05) is 102 Å². The summed E-state index contributed by atoms with van der Waals surface area (Å²) in [6.07, 6.45) is 4.55. The average Bonchev–Trinajstić information content (AvgIpc) is 4.14. The zero-order valence-corrected chi connectivity index (χ0v) is 43.2. The molecule has 6 atom stereocenters. The molecule has 1 unspecified atom stereocenters. The standard InChI is InChI=1S/C56H78N8O6/c1-35(57-9)51(67)59-49(55(3,4)5)53(69)61-27-15-17-39(61)33-43-41-19-11-13-21-45(41)63(29-31-65)47(43)37-23-25-38(26-24-37)48-44(42-20-12-14-22-46(42)64(48)30-32-66)34-40-18-16-28-62(40)54(70)50(56(6,7)8)60-52(68)36(2)58-10/h11-14,19-26,35-36,39-40,49-50,57-58,65-66H,15-18,27-34H2,1-10H3,(H,59,67)(H,60,68)/t35-,36-,39-,40?,49+,50+/m0/s1. The van der Waals surface area contributed by atoms with Crippen molar-refractivity contribution >= 4 is 45.4 Å². The van der Waals surface area contributed by atoms with E-state index in [1.807, 2.05) is 75.6 Å². The van der Waals surface area contributed by atoms with Crippen LogP contribution in [-0.2, 0) is 45.1 Å². The molecular formula is C56H78N8O6. The Morgan fingerprint density at radius 1 is 0.586 bits per heavy atom. The van der Waals surface area contributed by atoms with Gasteiger partial charge >= 0.3 is 0 Å². The summed E-state index contributed by atoms with van der Waals surface area (Å²) in [5, 5.41) is 35.3. The van der Waals surface area contributed by atoms with Gasteiger partial charge in [-0.3, -0.25) is 19.2 Å². The van der Waals surface area contributed by atoms with E-state index < -0.39 is 35.0 Å². The number of hydrogen-bond acceptors (Lipinski definition) is 8. The van der Waals surface area contributed by atoms with Gasteiger partial charge in [0.25, 0.3) is 0 Å². The van der Waals surface area contributed by atoms with E-state index in [1.165, 1.54) is 0 Å². The van der Waals surface area contributed by atoms with E-state index in [9.17, 15) is 29.4 Å². The van der Waals surface area contributed by atoms with Crippen molar-refractivity contribution in [3.8, 4) is 22.5 Å². The summed E-state index contributed by atoms with van der Waals surface area (Å²) in [5.41, 5.74) is 7.11. The number of nitrogens with one attached hydrogen (secondary N) is 4. The number of rotatable bonds is 18. The van der Waals surface area contributed by atoms with Gasteiger partial charge in [-0.25, -0.2) is 0 Å². The molecule has 0 spiro atoms. The SMILES string of the molecule is CN[C@@H](C)C(=O)N[C@H](C(=O)N1CCCC1Cc1c(-c2ccc(-c3c(C[C@@H]4CCCN4C(=O)[C@@H](NC(=O)[C@H](C)NC)C(C)(C)C)c4ccccc4n3CCO)cc2)n(CCO)c2ccccc12)C(C)(C)C. The molecule has 2 fully saturated rings. The number of benzene rings is 3. The zero-order chi connectivity index (χ0) is 50.7. The predicted octanol–water partition coefficient (Wildman–Crippen LogP) is 6.26. The molecule has 2 aliphatic heterocycles. The van der Waals surface area contributed by atoms with Crippen molar-refractivity contribution in [2.75, 3.05) is 40.4 Å². The minimum Gasteiger partial charge on any atom is -0.395 e. The van der Waals surface area contributed by atoms with Crippen molar-refractivity contribution in [2.45, 2.75) is 143 Å². The molecule has 2 aliphatic rings. The average molecular weight is 959 g/mol. The van der Waals surface area contributed by atoms with E-state index in [-0.39, 0.29) is 48.9 Å². The Labute approximate surface area is 414 Å². The van der Waals surface area contributed by atoms with Crippen LogP contribution in [0.15, 0.2) is 72.8 Å². The molecule has 6 N–H and O–H groups in total. The summed E-state index contributed by atoms with van der Waals surface area (Å²) in [5.74, 6) is -0.572. The Hall–Kier alpha value is -5.54. The smallest absolute Gasteiger partial charge is 0.245 e. The van der Waals surface area contributed by atoms with Crippen LogP contribution in [0.3, 0.4) is 0 Å². The second-order valence-electron chi connectivity index (χ2n) is 21.7. The van der Waals surface area contributed by atoms with Gasteiger partial charge in [-0.2, -0.15) is 0 Å². The molecule has 4 amide bonds. The lowest BCUT2D eigenvalue weighted by molar-refractivity contribution is -0.140. The third-order valence-corrected chi connectivity index (χ3v) is 14.9. The molecule has 378 valence electrons. The van der Waals surface area contributed by atoms with Gasteiger partial charge < -0.3 is 50.4 Å². The van der Waals surface area contributed by atoms with Crippen LogP contribution < -0.4 is 21.3 Å². The third kappa shape index (κ3) is 10.7. The Kier molecular flexibility index (Phi) is 16.3. The maximum atomic E-state index is 14.6. The first-order valence-corrected chi connectivity index (χ1v) is 25.4.